The topological polar surface area (TPSA) is 70.2 Å². The summed E-state index contributed by atoms with van der Waals surface area (Å²) in [5, 5.41) is 5.69. The summed E-state index contributed by atoms with van der Waals surface area (Å²) in [6, 6.07) is 1.45. The molecule has 1 aromatic heterocycles. The molecule has 0 bridgehead atoms. The summed E-state index contributed by atoms with van der Waals surface area (Å²) in [4.78, 5) is 22.5. The molecule has 6 nitrogen and oxygen atoms in total. The SMILES string of the molecule is CNC(=O)c1nc(C)c(C)c(N2CC[C@@H](NCc3cc(F)c(F)cc3F)C2)n1. The van der Waals surface area contributed by atoms with E-state index in [0.717, 1.165) is 23.7 Å². The number of rotatable bonds is 5. The zero-order chi connectivity index (χ0) is 20.4. The zero-order valence-corrected chi connectivity index (χ0v) is 15.9. The van der Waals surface area contributed by atoms with E-state index >= 15 is 0 Å². The highest BCUT2D eigenvalue weighted by molar-refractivity contribution is 5.90. The number of benzene rings is 1. The van der Waals surface area contributed by atoms with E-state index < -0.39 is 17.5 Å². The van der Waals surface area contributed by atoms with Gasteiger partial charge in [-0.2, -0.15) is 0 Å². The van der Waals surface area contributed by atoms with Crippen molar-refractivity contribution in [2.45, 2.75) is 32.9 Å². The molecule has 9 heteroatoms. The summed E-state index contributed by atoms with van der Waals surface area (Å²) in [7, 11) is 1.52. The summed E-state index contributed by atoms with van der Waals surface area (Å²) in [6.45, 7) is 5.10. The fourth-order valence-electron chi connectivity index (χ4n) is 3.21. The number of nitrogens with one attached hydrogen (secondary N) is 2. The maximum absolute atomic E-state index is 13.8. The molecule has 1 atom stereocenters. The molecule has 1 fully saturated rings. The van der Waals surface area contributed by atoms with Crippen LogP contribution in [0, 0.1) is 31.3 Å². The molecule has 1 amide bonds. The average molecular weight is 393 g/mol. The Morgan fingerprint density at radius 2 is 1.89 bits per heavy atom. The Morgan fingerprint density at radius 3 is 2.61 bits per heavy atom. The van der Waals surface area contributed by atoms with Crippen molar-refractivity contribution >= 4 is 11.7 Å². The molecular weight excluding hydrogens is 371 g/mol. The third-order valence-electron chi connectivity index (χ3n) is 4.95. The predicted octanol–water partition coefficient (Wildman–Crippen LogP) is 2.24. The first-order valence-corrected chi connectivity index (χ1v) is 8.99. The van der Waals surface area contributed by atoms with Crippen LogP contribution in [0.3, 0.4) is 0 Å². The molecule has 0 unspecified atom stereocenters. The molecule has 150 valence electrons. The Morgan fingerprint density at radius 1 is 1.18 bits per heavy atom. The second-order valence-corrected chi connectivity index (χ2v) is 6.83. The molecule has 2 N–H and O–H groups in total. The lowest BCUT2D eigenvalue weighted by molar-refractivity contribution is 0.0952. The largest absolute Gasteiger partial charge is 0.355 e. The molecule has 2 aromatic rings. The summed E-state index contributed by atoms with van der Waals surface area (Å²) in [5.74, 6) is -2.60. The van der Waals surface area contributed by atoms with Crippen LogP contribution in [0.15, 0.2) is 12.1 Å². The number of aromatic nitrogens is 2. The van der Waals surface area contributed by atoms with Crippen molar-refractivity contribution < 1.29 is 18.0 Å². The van der Waals surface area contributed by atoms with Crippen LogP contribution in [0.4, 0.5) is 19.0 Å². The number of carbonyl (C=O) groups is 1. The number of amides is 1. The number of halogens is 3. The molecule has 3 rings (SSSR count). The first-order valence-electron chi connectivity index (χ1n) is 8.99. The monoisotopic (exact) mass is 393 g/mol. The third-order valence-corrected chi connectivity index (χ3v) is 4.95. The first kappa shape index (κ1) is 20.1. The van der Waals surface area contributed by atoms with Gasteiger partial charge in [-0.3, -0.25) is 4.79 Å². The van der Waals surface area contributed by atoms with Crippen LogP contribution in [0.5, 0.6) is 0 Å². The van der Waals surface area contributed by atoms with Crippen LogP contribution in [0.1, 0.15) is 33.9 Å². The van der Waals surface area contributed by atoms with Gasteiger partial charge in [0.1, 0.15) is 11.6 Å². The number of anilines is 1. The number of carbonyl (C=O) groups excluding carboxylic acids is 1. The number of hydrogen-bond donors (Lipinski definition) is 2. The van der Waals surface area contributed by atoms with E-state index in [-0.39, 0.29) is 29.9 Å². The van der Waals surface area contributed by atoms with E-state index in [1.807, 2.05) is 18.7 Å². The van der Waals surface area contributed by atoms with Gasteiger partial charge in [0.2, 0.25) is 5.82 Å². The fraction of sp³-hybridized carbons (Fsp3) is 0.421. The summed E-state index contributed by atoms with van der Waals surface area (Å²) < 4.78 is 40.2. The number of nitrogens with zero attached hydrogens (tertiary/aromatic N) is 3. The van der Waals surface area contributed by atoms with Crippen LogP contribution >= 0.6 is 0 Å². The normalized spacial score (nSPS) is 16.5. The van der Waals surface area contributed by atoms with Crippen LogP contribution in [-0.2, 0) is 6.54 Å². The lowest BCUT2D eigenvalue weighted by Gasteiger charge is -2.21. The van der Waals surface area contributed by atoms with Gasteiger partial charge in [-0.25, -0.2) is 23.1 Å². The zero-order valence-electron chi connectivity index (χ0n) is 15.9. The summed E-state index contributed by atoms with van der Waals surface area (Å²) in [5.41, 5.74) is 1.69. The molecule has 0 radical (unpaired) electrons. The summed E-state index contributed by atoms with van der Waals surface area (Å²) in [6.07, 6.45) is 0.767. The van der Waals surface area contributed by atoms with Gasteiger partial charge in [-0.05, 0) is 26.3 Å². The minimum absolute atomic E-state index is 0.0191. The Hall–Kier alpha value is -2.68. The molecular formula is C19H22F3N5O. The lowest BCUT2D eigenvalue weighted by Crippen LogP contribution is -2.33. The van der Waals surface area contributed by atoms with E-state index in [0.29, 0.717) is 25.0 Å². The highest BCUT2D eigenvalue weighted by Gasteiger charge is 2.26. The fourth-order valence-corrected chi connectivity index (χ4v) is 3.21. The molecule has 1 aliphatic heterocycles. The van der Waals surface area contributed by atoms with Crippen molar-refractivity contribution in [3.05, 3.63) is 52.2 Å². The summed E-state index contributed by atoms with van der Waals surface area (Å²) >= 11 is 0. The highest BCUT2D eigenvalue weighted by atomic mass is 19.2. The van der Waals surface area contributed by atoms with E-state index in [1.54, 1.807) is 0 Å². The van der Waals surface area contributed by atoms with Crippen LogP contribution in [-0.4, -0.2) is 42.1 Å². The Labute approximate surface area is 161 Å². The van der Waals surface area contributed by atoms with Gasteiger partial charge in [0.15, 0.2) is 11.6 Å². The highest BCUT2D eigenvalue weighted by Crippen LogP contribution is 2.24. The van der Waals surface area contributed by atoms with Gasteiger partial charge in [-0.1, -0.05) is 0 Å². The van der Waals surface area contributed by atoms with E-state index in [2.05, 4.69) is 20.6 Å². The van der Waals surface area contributed by atoms with Crippen molar-refractivity contribution in [1.29, 1.82) is 0 Å². The van der Waals surface area contributed by atoms with Crippen molar-refractivity contribution in [2.75, 3.05) is 25.0 Å². The average Bonchev–Trinajstić information content (AvgIpc) is 3.13. The Balaban J connectivity index is 1.70. The van der Waals surface area contributed by atoms with Crippen molar-refractivity contribution in [3.63, 3.8) is 0 Å². The van der Waals surface area contributed by atoms with E-state index in [4.69, 9.17) is 0 Å². The van der Waals surface area contributed by atoms with Crippen molar-refractivity contribution in [3.8, 4) is 0 Å². The van der Waals surface area contributed by atoms with E-state index in [9.17, 15) is 18.0 Å². The van der Waals surface area contributed by atoms with Gasteiger partial charge in [0.25, 0.3) is 5.91 Å². The minimum Gasteiger partial charge on any atom is -0.355 e. The maximum atomic E-state index is 13.8. The molecule has 0 saturated carbocycles. The first-order chi connectivity index (χ1) is 13.3. The quantitative estimate of drug-likeness (QED) is 0.763. The number of aryl methyl sites for hydroxylation is 1. The standard InChI is InChI=1S/C19H22F3N5O/c1-10-11(2)25-17(19(28)23-3)26-18(10)27-5-4-13(9-27)24-8-12-6-15(21)16(22)7-14(12)20/h6-7,13,24H,4-5,8-9H2,1-3H3,(H,23,28)/t13-/m1/s1. The Bertz CT molecular complexity index is 906. The maximum Gasteiger partial charge on any atom is 0.288 e. The third kappa shape index (κ3) is 4.09. The second-order valence-electron chi connectivity index (χ2n) is 6.83. The van der Waals surface area contributed by atoms with Gasteiger partial charge < -0.3 is 15.5 Å². The molecule has 1 saturated heterocycles. The Kier molecular flexibility index (Phi) is 5.83. The van der Waals surface area contributed by atoms with Crippen molar-refractivity contribution in [1.82, 2.24) is 20.6 Å². The van der Waals surface area contributed by atoms with E-state index in [1.165, 1.54) is 7.05 Å². The molecule has 1 aromatic carbocycles. The number of hydrogen-bond acceptors (Lipinski definition) is 5. The predicted molar refractivity (Wildman–Crippen MR) is 98.7 cm³/mol. The molecule has 28 heavy (non-hydrogen) atoms. The van der Waals surface area contributed by atoms with Crippen LogP contribution in [0.25, 0.3) is 0 Å². The molecule has 0 spiro atoms. The minimum atomic E-state index is -1.20. The smallest absolute Gasteiger partial charge is 0.288 e. The van der Waals surface area contributed by atoms with Gasteiger partial charge in [0, 0.05) is 55.6 Å². The van der Waals surface area contributed by atoms with Gasteiger partial charge >= 0.3 is 0 Å². The second kappa shape index (κ2) is 8.14. The van der Waals surface area contributed by atoms with Crippen molar-refractivity contribution in [2.24, 2.45) is 0 Å². The molecule has 2 heterocycles. The molecule has 1 aliphatic rings. The lowest BCUT2D eigenvalue weighted by atomic mass is 10.1. The van der Waals surface area contributed by atoms with Crippen LogP contribution < -0.4 is 15.5 Å². The molecule has 0 aliphatic carbocycles. The van der Waals surface area contributed by atoms with Crippen LogP contribution in [0.2, 0.25) is 0 Å². The van der Waals surface area contributed by atoms with Gasteiger partial charge in [0.05, 0.1) is 0 Å². The van der Waals surface area contributed by atoms with Gasteiger partial charge in [-0.15, -0.1) is 0 Å².